The van der Waals surface area contributed by atoms with Crippen molar-refractivity contribution < 1.29 is 4.39 Å². The van der Waals surface area contributed by atoms with Crippen molar-refractivity contribution in [3.05, 3.63) is 41.2 Å². The van der Waals surface area contributed by atoms with E-state index in [1.54, 1.807) is 6.07 Å². The van der Waals surface area contributed by atoms with Gasteiger partial charge in [-0.3, -0.25) is 0 Å². The molecule has 68 valence electrons. The summed E-state index contributed by atoms with van der Waals surface area (Å²) in [4.78, 5) is 0. The van der Waals surface area contributed by atoms with Gasteiger partial charge >= 0.3 is 0 Å². The van der Waals surface area contributed by atoms with E-state index < -0.39 is 0 Å². The fourth-order valence-electron chi connectivity index (χ4n) is 1.67. The smallest absolute Gasteiger partial charge is 0.123 e. The third kappa shape index (κ3) is 1.63. The largest absolute Gasteiger partial charge is 0.309 e. The Morgan fingerprint density at radius 2 is 2.23 bits per heavy atom. The average molecular weight is 177 g/mol. The Morgan fingerprint density at radius 1 is 1.38 bits per heavy atom. The number of hydrogen-bond donors (Lipinski definition) is 1. The van der Waals surface area contributed by atoms with Gasteiger partial charge in [0.25, 0.3) is 0 Å². The highest BCUT2D eigenvalue weighted by Crippen LogP contribution is 2.20. The minimum absolute atomic E-state index is 0.159. The Labute approximate surface area is 77.3 Å². The van der Waals surface area contributed by atoms with Crippen LogP contribution in [0.4, 0.5) is 4.39 Å². The summed E-state index contributed by atoms with van der Waals surface area (Å²) in [5.41, 5.74) is 3.44. The van der Waals surface area contributed by atoms with Gasteiger partial charge < -0.3 is 5.32 Å². The van der Waals surface area contributed by atoms with Crippen molar-refractivity contribution in [3.63, 3.8) is 0 Å². The second kappa shape index (κ2) is 3.30. The van der Waals surface area contributed by atoms with Gasteiger partial charge in [-0.2, -0.15) is 0 Å². The number of rotatable bonds is 1. The number of aryl methyl sites for hydroxylation is 1. The molecule has 1 aromatic rings. The lowest BCUT2D eigenvalue weighted by molar-refractivity contribution is 0.626. The molecular weight excluding hydrogens is 165 g/mol. The molecule has 0 aliphatic carbocycles. The summed E-state index contributed by atoms with van der Waals surface area (Å²) in [6.45, 7) is 3.76. The lowest BCUT2D eigenvalue weighted by Gasteiger charge is -2.05. The van der Waals surface area contributed by atoms with Gasteiger partial charge in [0.15, 0.2) is 0 Å². The molecule has 1 nitrogen and oxygen atoms in total. The maximum absolute atomic E-state index is 12.8. The van der Waals surface area contributed by atoms with Gasteiger partial charge in [-0.25, -0.2) is 4.39 Å². The zero-order chi connectivity index (χ0) is 9.26. The molecule has 13 heavy (non-hydrogen) atoms. The Balaban J connectivity index is 2.40. The van der Waals surface area contributed by atoms with E-state index in [1.165, 1.54) is 11.6 Å². The van der Waals surface area contributed by atoms with Crippen molar-refractivity contribution in [1.82, 2.24) is 5.32 Å². The molecule has 0 saturated carbocycles. The van der Waals surface area contributed by atoms with Crippen LogP contribution in [0.25, 0.3) is 5.57 Å². The summed E-state index contributed by atoms with van der Waals surface area (Å²) in [7, 11) is 0. The Bertz CT molecular complexity index is 355. The van der Waals surface area contributed by atoms with Crippen molar-refractivity contribution >= 4 is 5.57 Å². The molecule has 0 saturated heterocycles. The molecule has 0 radical (unpaired) electrons. The van der Waals surface area contributed by atoms with E-state index in [2.05, 4.69) is 11.4 Å². The van der Waals surface area contributed by atoms with Gasteiger partial charge in [-0.1, -0.05) is 12.1 Å². The molecule has 1 N–H and O–H groups in total. The van der Waals surface area contributed by atoms with Gasteiger partial charge in [-0.15, -0.1) is 0 Å². The van der Waals surface area contributed by atoms with Crippen molar-refractivity contribution in [2.45, 2.75) is 6.92 Å². The summed E-state index contributed by atoms with van der Waals surface area (Å²) in [5.74, 6) is -0.159. The molecule has 1 heterocycles. The van der Waals surface area contributed by atoms with Crippen LogP contribution in [0.3, 0.4) is 0 Å². The number of nitrogens with one attached hydrogen (secondary N) is 1. The molecule has 2 rings (SSSR count). The van der Waals surface area contributed by atoms with Crippen LogP contribution >= 0.6 is 0 Å². The van der Waals surface area contributed by atoms with Crippen LogP contribution in [0.5, 0.6) is 0 Å². The standard InChI is InChI=1S/C11H12FN/c1-8-6-10(12)2-3-11(8)9-4-5-13-7-9/h2-4,6,13H,5,7H2,1H3. The fourth-order valence-corrected chi connectivity index (χ4v) is 1.67. The predicted octanol–water partition coefficient (Wildman–Crippen LogP) is 2.12. The topological polar surface area (TPSA) is 12.0 Å². The molecule has 1 aromatic carbocycles. The highest BCUT2D eigenvalue weighted by Gasteiger charge is 2.08. The fraction of sp³-hybridized carbons (Fsp3) is 0.273. The average Bonchev–Trinajstić information content (AvgIpc) is 2.56. The normalized spacial score (nSPS) is 16.0. The highest BCUT2D eigenvalue weighted by atomic mass is 19.1. The van der Waals surface area contributed by atoms with Gasteiger partial charge in [0.1, 0.15) is 5.82 Å². The van der Waals surface area contributed by atoms with Gasteiger partial charge in [-0.05, 0) is 35.8 Å². The zero-order valence-corrected chi connectivity index (χ0v) is 7.60. The van der Waals surface area contributed by atoms with Crippen molar-refractivity contribution in [1.29, 1.82) is 0 Å². The van der Waals surface area contributed by atoms with Crippen molar-refractivity contribution in [2.75, 3.05) is 13.1 Å². The first-order valence-electron chi connectivity index (χ1n) is 4.43. The van der Waals surface area contributed by atoms with Crippen LogP contribution in [0.15, 0.2) is 24.3 Å². The van der Waals surface area contributed by atoms with E-state index in [9.17, 15) is 4.39 Å². The zero-order valence-electron chi connectivity index (χ0n) is 7.60. The van der Waals surface area contributed by atoms with Crippen LogP contribution in [0.1, 0.15) is 11.1 Å². The molecule has 1 aliphatic heterocycles. The highest BCUT2D eigenvalue weighted by molar-refractivity contribution is 5.71. The quantitative estimate of drug-likeness (QED) is 0.692. The molecule has 2 heteroatoms. The Hall–Kier alpha value is -1.15. The van der Waals surface area contributed by atoms with Crippen LogP contribution in [0, 0.1) is 12.7 Å². The third-order valence-corrected chi connectivity index (χ3v) is 2.34. The van der Waals surface area contributed by atoms with Gasteiger partial charge in [0.2, 0.25) is 0 Å². The Morgan fingerprint density at radius 3 is 2.85 bits per heavy atom. The second-order valence-electron chi connectivity index (χ2n) is 3.32. The molecule has 0 aromatic heterocycles. The maximum Gasteiger partial charge on any atom is 0.123 e. The molecule has 0 atom stereocenters. The minimum Gasteiger partial charge on any atom is -0.309 e. The SMILES string of the molecule is Cc1cc(F)ccc1C1=CCNC1. The van der Waals surface area contributed by atoms with E-state index in [0.29, 0.717) is 0 Å². The second-order valence-corrected chi connectivity index (χ2v) is 3.32. The number of benzene rings is 1. The van der Waals surface area contributed by atoms with Crippen LogP contribution in [-0.2, 0) is 0 Å². The first-order valence-corrected chi connectivity index (χ1v) is 4.43. The molecular formula is C11H12FN. The summed E-state index contributed by atoms with van der Waals surface area (Å²) in [5, 5.41) is 3.23. The van der Waals surface area contributed by atoms with Crippen molar-refractivity contribution in [2.24, 2.45) is 0 Å². The number of halogens is 1. The molecule has 1 aliphatic rings. The maximum atomic E-state index is 12.8. The summed E-state index contributed by atoms with van der Waals surface area (Å²) in [6, 6.07) is 4.94. The van der Waals surface area contributed by atoms with E-state index >= 15 is 0 Å². The third-order valence-electron chi connectivity index (χ3n) is 2.34. The van der Waals surface area contributed by atoms with Gasteiger partial charge in [0.05, 0.1) is 0 Å². The lowest BCUT2D eigenvalue weighted by atomic mass is 10.0. The van der Waals surface area contributed by atoms with E-state index in [1.807, 2.05) is 13.0 Å². The predicted molar refractivity (Wildman–Crippen MR) is 52.0 cm³/mol. The molecule has 0 spiro atoms. The number of hydrogen-bond acceptors (Lipinski definition) is 1. The van der Waals surface area contributed by atoms with E-state index in [4.69, 9.17) is 0 Å². The molecule has 0 unspecified atom stereocenters. The van der Waals surface area contributed by atoms with Crippen LogP contribution in [-0.4, -0.2) is 13.1 Å². The first-order chi connectivity index (χ1) is 6.27. The summed E-state index contributed by atoms with van der Waals surface area (Å²) in [6.07, 6.45) is 2.15. The molecule has 0 amide bonds. The Kier molecular flexibility index (Phi) is 2.15. The van der Waals surface area contributed by atoms with E-state index in [-0.39, 0.29) is 5.82 Å². The molecule has 0 bridgehead atoms. The first kappa shape index (κ1) is 8.45. The van der Waals surface area contributed by atoms with Crippen molar-refractivity contribution in [3.8, 4) is 0 Å². The summed E-state index contributed by atoms with van der Waals surface area (Å²) >= 11 is 0. The summed E-state index contributed by atoms with van der Waals surface area (Å²) < 4.78 is 12.8. The van der Waals surface area contributed by atoms with Crippen LogP contribution < -0.4 is 5.32 Å². The monoisotopic (exact) mass is 177 g/mol. The minimum atomic E-state index is -0.159. The van der Waals surface area contributed by atoms with Crippen LogP contribution in [0.2, 0.25) is 0 Å². The lowest BCUT2D eigenvalue weighted by Crippen LogP contribution is -2.07. The van der Waals surface area contributed by atoms with Gasteiger partial charge in [0, 0.05) is 13.1 Å². The molecule has 0 fully saturated rings. The van der Waals surface area contributed by atoms with E-state index in [0.717, 1.165) is 24.2 Å².